The lowest BCUT2D eigenvalue weighted by Gasteiger charge is -2.09. The van der Waals surface area contributed by atoms with Crippen molar-refractivity contribution in [3.63, 3.8) is 0 Å². The van der Waals surface area contributed by atoms with E-state index >= 15 is 0 Å². The quantitative estimate of drug-likeness (QED) is 0.372. The highest BCUT2D eigenvalue weighted by Crippen LogP contribution is 2.14. The van der Waals surface area contributed by atoms with Crippen molar-refractivity contribution < 1.29 is 9.53 Å². The molecule has 0 saturated carbocycles. The summed E-state index contributed by atoms with van der Waals surface area (Å²) in [5, 5.41) is 11.3. The summed E-state index contributed by atoms with van der Waals surface area (Å²) in [7, 11) is 0. The fourth-order valence-electron chi connectivity index (χ4n) is 2.91. The van der Waals surface area contributed by atoms with Gasteiger partial charge in [-0.1, -0.05) is 36.4 Å². The molecule has 150 valence electrons. The summed E-state index contributed by atoms with van der Waals surface area (Å²) in [5.74, 6) is -0.202. The average molecular weight is 402 g/mol. The zero-order valence-electron chi connectivity index (χ0n) is 16.4. The number of aryl methyl sites for hydroxylation is 2. The van der Waals surface area contributed by atoms with Gasteiger partial charge in [0.2, 0.25) is 0 Å². The summed E-state index contributed by atoms with van der Waals surface area (Å²) in [6, 6.07) is 14.2. The molecule has 0 aliphatic carbocycles. The molecular weight excluding hydrogens is 384 g/mol. The molecule has 0 aliphatic heterocycles. The lowest BCUT2D eigenvalue weighted by atomic mass is 10.2. The Morgan fingerprint density at radius 2 is 1.93 bits per heavy atom. The van der Waals surface area contributed by atoms with Gasteiger partial charge in [0.1, 0.15) is 12.3 Å². The van der Waals surface area contributed by atoms with Gasteiger partial charge in [-0.05, 0) is 47.5 Å². The van der Waals surface area contributed by atoms with E-state index in [9.17, 15) is 9.59 Å². The zero-order chi connectivity index (χ0) is 21.1. The first-order chi connectivity index (χ1) is 14.5. The van der Waals surface area contributed by atoms with Crippen LogP contribution in [-0.2, 0) is 16.1 Å². The van der Waals surface area contributed by atoms with E-state index in [-0.39, 0.29) is 17.9 Å². The number of benzene rings is 1. The van der Waals surface area contributed by atoms with Gasteiger partial charge in [-0.2, -0.15) is 4.68 Å². The normalized spacial score (nSPS) is 11.6. The maximum Gasteiger partial charge on any atom is 0.357 e. The summed E-state index contributed by atoms with van der Waals surface area (Å²) in [5.41, 5.74) is 2.47. The number of rotatable bonds is 5. The molecular formula is C21H18N6O3. The number of hydrogen-bond acceptors (Lipinski definition) is 7. The summed E-state index contributed by atoms with van der Waals surface area (Å²) >= 11 is 0. The van der Waals surface area contributed by atoms with Gasteiger partial charge >= 0.3 is 5.97 Å². The summed E-state index contributed by atoms with van der Waals surface area (Å²) in [4.78, 5) is 29.6. The van der Waals surface area contributed by atoms with Gasteiger partial charge in [-0.3, -0.25) is 9.20 Å². The predicted molar refractivity (Wildman–Crippen MR) is 109 cm³/mol. The molecule has 9 heteroatoms. The molecule has 0 radical (unpaired) electrons. The number of fused-ring (bicyclic) bond motifs is 1. The molecule has 0 fully saturated rings. The number of carbonyl (C=O) groups is 1. The molecule has 0 unspecified atom stereocenters. The maximum atomic E-state index is 12.8. The molecule has 9 nitrogen and oxygen atoms in total. The second kappa shape index (κ2) is 8.08. The van der Waals surface area contributed by atoms with Crippen LogP contribution in [0.15, 0.2) is 59.5 Å². The molecule has 0 amide bonds. The third kappa shape index (κ3) is 4.00. The van der Waals surface area contributed by atoms with Crippen molar-refractivity contribution in [2.45, 2.75) is 20.5 Å². The SMILES string of the molecule is Cc1ccc2nc(COC(=O)C(=Cc3ccccc3)n3nnnc3C)cc(=O)n2c1. The van der Waals surface area contributed by atoms with Gasteiger partial charge in [0.15, 0.2) is 11.5 Å². The largest absolute Gasteiger partial charge is 0.454 e. The van der Waals surface area contributed by atoms with Gasteiger partial charge in [-0.25, -0.2) is 9.78 Å². The van der Waals surface area contributed by atoms with Crippen LogP contribution in [0, 0.1) is 13.8 Å². The van der Waals surface area contributed by atoms with Crippen LogP contribution in [0.4, 0.5) is 0 Å². The summed E-state index contributed by atoms with van der Waals surface area (Å²) in [6.07, 6.45) is 3.35. The van der Waals surface area contributed by atoms with Gasteiger partial charge in [0, 0.05) is 12.3 Å². The van der Waals surface area contributed by atoms with Crippen molar-refractivity contribution in [3.8, 4) is 0 Å². The fourth-order valence-corrected chi connectivity index (χ4v) is 2.91. The van der Waals surface area contributed by atoms with E-state index in [4.69, 9.17) is 4.74 Å². The van der Waals surface area contributed by atoms with Crippen molar-refractivity contribution >= 4 is 23.4 Å². The summed E-state index contributed by atoms with van der Waals surface area (Å²) in [6.45, 7) is 3.41. The van der Waals surface area contributed by atoms with Crippen molar-refractivity contribution in [2.24, 2.45) is 0 Å². The van der Waals surface area contributed by atoms with E-state index in [1.54, 1.807) is 25.3 Å². The summed E-state index contributed by atoms with van der Waals surface area (Å²) < 4.78 is 8.19. The van der Waals surface area contributed by atoms with E-state index < -0.39 is 5.97 Å². The molecule has 30 heavy (non-hydrogen) atoms. The minimum Gasteiger partial charge on any atom is -0.454 e. The van der Waals surface area contributed by atoms with Crippen LogP contribution in [0.25, 0.3) is 17.4 Å². The molecule has 0 saturated heterocycles. The number of hydrogen-bond donors (Lipinski definition) is 0. The first-order valence-corrected chi connectivity index (χ1v) is 9.19. The number of ether oxygens (including phenoxy) is 1. The van der Waals surface area contributed by atoms with E-state index in [0.717, 1.165) is 11.1 Å². The molecule has 4 aromatic rings. The Morgan fingerprint density at radius 1 is 1.13 bits per heavy atom. The number of carbonyl (C=O) groups excluding carboxylic acids is 1. The molecule has 4 rings (SSSR count). The highest BCUT2D eigenvalue weighted by atomic mass is 16.5. The molecule has 0 atom stereocenters. The molecule has 0 N–H and O–H groups in total. The maximum absolute atomic E-state index is 12.8. The van der Waals surface area contributed by atoms with Gasteiger partial charge in [0.25, 0.3) is 5.56 Å². The first kappa shape index (κ1) is 19.2. The fraction of sp³-hybridized carbons (Fsp3) is 0.143. The van der Waals surface area contributed by atoms with Gasteiger partial charge in [0.05, 0.1) is 5.69 Å². The Kier molecular flexibility index (Phi) is 5.17. The van der Waals surface area contributed by atoms with E-state index in [1.807, 2.05) is 43.3 Å². The van der Waals surface area contributed by atoms with Crippen molar-refractivity contribution in [3.05, 3.63) is 87.7 Å². The van der Waals surface area contributed by atoms with Crippen LogP contribution in [-0.4, -0.2) is 35.6 Å². The standard InChI is InChI=1S/C21H18N6O3/c1-14-8-9-19-22-17(11-20(28)26(19)12-14)13-30-21(29)18(27-15(2)23-24-25-27)10-16-6-4-3-5-7-16/h3-12H,13H2,1-2H3. The molecule has 3 heterocycles. The minimum atomic E-state index is -0.639. The lowest BCUT2D eigenvalue weighted by molar-refractivity contribution is -0.138. The molecule has 3 aromatic heterocycles. The Morgan fingerprint density at radius 3 is 2.67 bits per heavy atom. The Hall–Kier alpha value is -4.14. The molecule has 0 bridgehead atoms. The Balaban J connectivity index is 1.61. The number of aromatic nitrogens is 6. The molecule has 1 aromatic carbocycles. The molecule has 0 aliphatic rings. The zero-order valence-corrected chi connectivity index (χ0v) is 16.4. The van der Waals surface area contributed by atoms with Crippen molar-refractivity contribution in [2.75, 3.05) is 0 Å². The second-order valence-electron chi connectivity index (χ2n) is 6.67. The Labute approximate surface area is 171 Å². The predicted octanol–water partition coefficient (Wildman–Crippen LogP) is 2.04. The van der Waals surface area contributed by atoms with Gasteiger partial charge in [-0.15, -0.1) is 5.10 Å². The van der Waals surface area contributed by atoms with Gasteiger partial charge < -0.3 is 4.74 Å². The van der Waals surface area contributed by atoms with Crippen LogP contribution in [0.5, 0.6) is 0 Å². The number of esters is 1. The number of pyridine rings is 1. The third-order valence-corrected chi connectivity index (χ3v) is 4.38. The average Bonchev–Trinajstić information content (AvgIpc) is 3.17. The third-order valence-electron chi connectivity index (χ3n) is 4.38. The first-order valence-electron chi connectivity index (χ1n) is 9.19. The van der Waals surface area contributed by atoms with Crippen molar-refractivity contribution in [1.29, 1.82) is 0 Å². The highest BCUT2D eigenvalue weighted by molar-refractivity contribution is 6.15. The van der Waals surface area contributed by atoms with Crippen LogP contribution in [0.1, 0.15) is 22.6 Å². The smallest absolute Gasteiger partial charge is 0.357 e. The number of tetrazole rings is 1. The minimum absolute atomic E-state index is 0.150. The molecule has 0 spiro atoms. The highest BCUT2D eigenvalue weighted by Gasteiger charge is 2.18. The van der Waals surface area contributed by atoms with E-state index in [0.29, 0.717) is 17.2 Å². The van der Waals surface area contributed by atoms with Crippen LogP contribution in [0.3, 0.4) is 0 Å². The Bertz CT molecular complexity index is 1310. The number of nitrogens with zero attached hydrogens (tertiary/aromatic N) is 6. The lowest BCUT2D eigenvalue weighted by Crippen LogP contribution is -2.18. The van der Waals surface area contributed by atoms with Crippen LogP contribution >= 0.6 is 0 Å². The second-order valence-corrected chi connectivity index (χ2v) is 6.67. The van der Waals surface area contributed by atoms with Crippen molar-refractivity contribution in [1.82, 2.24) is 29.6 Å². The monoisotopic (exact) mass is 402 g/mol. The van der Waals surface area contributed by atoms with Crippen LogP contribution in [0.2, 0.25) is 0 Å². The van der Waals surface area contributed by atoms with E-state index in [2.05, 4.69) is 20.5 Å². The topological polar surface area (TPSA) is 104 Å². The van der Waals surface area contributed by atoms with Crippen LogP contribution < -0.4 is 5.56 Å². The van der Waals surface area contributed by atoms with E-state index in [1.165, 1.54) is 15.1 Å².